The molecule has 1 fully saturated rings. The Labute approximate surface area is 112 Å². The van der Waals surface area contributed by atoms with E-state index in [-0.39, 0.29) is 11.7 Å². The summed E-state index contributed by atoms with van der Waals surface area (Å²) in [6.07, 6.45) is 1.31. The van der Waals surface area contributed by atoms with E-state index in [2.05, 4.69) is 5.16 Å². The predicted molar refractivity (Wildman–Crippen MR) is 72.7 cm³/mol. The van der Waals surface area contributed by atoms with Crippen molar-refractivity contribution in [2.45, 2.75) is 26.3 Å². The van der Waals surface area contributed by atoms with Crippen LogP contribution in [0.4, 0.5) is 0 Å². The van der Waals surface area contributed by atoms with Crippen LogP contribution < -0.4 is 5.73 Å². The molecule has 102 valence electrons. The molecule has 1 aliphatic carbocycles. The zero-order chi connectivity index (χ0) is 14.0. The number of benzene rings is 1. The van der Waals surface area contributed by atoms with Gasteiger partial charge in [-0.2, -0.15) is 0 Å². The van der Waals surface area contributed by atoms with Gasteiger partial charge in [0.15, 0.2) is 5.84 Å². The molecule has 5 nitrogen and oxygen atoms in total. The summed E-state index contributed by atoms with van der Waals surface area (Å²) in [5, 5.41) is 11.7. The van der Waals surface area contributed by atoms with Gasteiger partial charge in [-0.3, -0.25) is 4.79 Å². The molecule has 0 unspecified atom stereocenters. The van der Waals surface area contributed by atoms with Crippen molar-refractivity contribution >= 4 is 11.7 Å². The maximum absolute atomic E-state index is 12.4. The van der Waals surface area contributed by atoms with Crippen LogP contribution in [0.25, 0.3) is 0 Å². The van der Waals surface area contributed by atoms with Gasteiger partial charge in [-0.1, -0.05) is 35.0 Å². The lowest BCUT2D eigenvalue weighted by atomic mass is 10.0. The zero-order valence-electron chi connectivity index (χ0n) is 11.3. The number of rotatable bonds is 4. The van der Waals surface area contributed by atoms with E-state index in [0.29, 0.717) is 19.4 Å². The summed E-state index contributed by atoms with van der Waals surface area (Å²) in [6.45, 7) is 2.55. The van der Waals surface area contributed by atoms with E-state index >= 15 is 0 Å². The fraction of sp³-hybridized carbons (Fsp3) is 0.429. The fourth-order valence-corrected chi connectivity index (χ4v) is 2.20. The van der Waals surface area contributed by atoms with Gasteiger partial charge in [0.25, 0.3) is 0 Å². The minimum absolute atomic E-state index is 0.0215. The number of amidine groups is 1. The van der Waals surface area contributed by atoms with E-state index < -0.39 is 5.41 Å². The van der Waals surface area contributed by atoms with E-state index in [4.69, 9.17) is 10.9 Å². The molecule has 2 rings (SSSR count). The first-order valence-corrected chi connectivity index (χ1v) is 6.29. The smallest absolute Gasteiger partial charge is 0.236 e. The first-order valence-electron chi connectivity index (χ1n) is 6.29. The highest BCUT2D eigenvalue weighted by atomic mass is 16.4. The van der Waals surface area contributed by atoms with Gasteiger partial charge in [0.05, 0.1) is 0 Å². The molecule has 0 aliphatic heterocycles. The van der Waals surface area contributed by atoms with E-state index in [1.807, 2.05) is 31.2 Å². The third kappa shape index (κ3) is 2.54. The van der Waals surface area contributed by atoms with Gasteiger partial charge >= 0.3 is 0 Å². The summed E-state index contributed by atoms with van der Waals surface area (Å²) < 4.78 is 0. The molecule has 0 aromatic heterocycles. The highest BCUT2D eigenvalue weighted by Gasteiger charge is 2.55. The predicted octanol–water partition coefficient (Wildman–Crippen LogP) is 1.48. The van der Waals surface area contributed by atoms with E-state index in [1.165, 1.54) is 5.56 Å². The minimum atomic E-state index is -0.770. The first kappa shape index (κ1) is 13.4. The fourth-order valence-electron chi connectivity index (χ4n) is 2.20. The quantitative estimate of drug-likeness (QED) is 0.373. The number of amides is 1. The Bertz CT molecular complexity index is 504. The van der Waals surface area contributed by atoms with Crippen LogP contribution in [-0.2, 0) is 11.3 Å². The zero-order valence-corrected chi connectivity index (χ0v) is 11.3. The van der Waals surface area contributed by atoms with Crippen LogP contribution in [-0.4, -0.2) is 28.9 Å². The Morgan fingerprint density at radius 3 is 2.47 bits per heavy atom. The second-order valence-corrected chi connectivity index (χ2v) is 5.21. The summed E-state index contributed by atoms with van der Waals surface area (Å²) >= 11 is 0. The third-order valence-electron chi connectivity index (χ3n) is 3.64. The van der Waals surface area contributed by atoms with Crippen molar-refractivity contribution in [3.05, 3.63) is 35.4 Å². The summed E-state index contributed by atoms with van der Waals surface area (Å²) in [4.78, 5) is 14.0. The van der Waals surface area contributed by atoms with Crippen LogP contribution in [0, 0.1) is 12.3 Å². The Morgan fingerprint density at radius 2 is 2.00 bits per heavy atom. The van der Waals surface area contributed by atoms with E-state index in [0.717, 1.165) is 5.56 Å². The highest BCUT2D eigenvalue weighted by molar-refractivity contribution is 6.09. The molecule has 1 aromatic rings. The van der Waals surface area contributed by atoms with Crippen LogP contribution in [0.1, 0.15) is 24.0 Å². The number of carbonyl (C=O) groups is 1. The molecule has 19 heavy (non-hydrogen) atoms. The topological polar surface area (TPSA) is 78.9 Å². The van der Waals surface area contributed by atoms with Crippen molar-refractivity contribution in [3.63, 3.8) is 0 Å². The Kier molecular flexibility index (Phi) is 3.46. The van der Waals surface area contributed by atoms with E-state index in [9.17, 15) is 4.79 Å². The summed E-state index contributed by atoms with van der Waals surface area (Å²) in [6, 6.07) is 8.04. The van der Waals surface area contributed by atoms with Gasteiger partial charge in [-0.15, -0.1) is 0 Å². The van der Waals surface area contributed by atoms with Crippen molar-refractivity contribution in [1.29, 1.82) is 0 Å². The van der Waals surface area contributed by atoms with Crippen LogP contribution >= 0.6 is 0 Å². The second-order valence-electron chi connectivity index (χ2n) is 5.21. The number of oxime groups is 1. The number of nitrogens with zero attached hydrogens (tertiary/aromatic N) is 2. The number of aryl methyl sites for hydroxylation is 1. The SMILES string of the molecule is Cc1ccc(CN(C)C(=O)C2(/C(N)=N/O)CC2)cc1. The van der Waals surface area contributed by atoms with Crippen LogP contribution in [0.3, 0.4) is 0 Å². The molecule has 0 saturated heterocycles. The Morgan fingerprint density at radius 1 is 1.42 bits per heavy atom. The maximum Gasteiger partial charge on any atom is 0.236 e. The normalized spacial score (nSPS) is 17.1. The van der Waals surface area contributed by atoms with Crippen molar-refractivity contribution in [3.8, 4) is 0 Å². The average molecular weight is 261 g/mol. The lowest BCUT2D eigenvalue weighted by Gasteiger charge is -2.22. The molecule has 0 spiro atoms. The first-order chi connectivity index (χ1) is 8.99. The van der Waals surface area contributed by atoms with Crippen molar-refractivity contribution in [2.75, 3.05) is 7.05 Å². The molecule has 1 amide bonds. The number of nitrogens with two attached hydrogens (primary N) is 1. The number of hydrogen-bond acceptors (Lipinski definition) is 3. The molecule has 0 atom stereocenters. The Balaban J connectivity index is 2.06. The monoisotopic (exact) mass is 261 g/mol. The van der Waals surface area contributed by atoms with Gasteiger partial charge in [-0.25, -0.2) is 0 Å². The maximum atomic E-state index is 12.4. The van der Waals surface area contributed by atoms with Gasteiger partial charge in [0.1, 0.15) is 5.41 Å². The lowest BCUT2D eigenvalue weighted by Crippen LogP contribution is -2.41. The summed E-state index contributed by atoms with van der Waals surface area (Å²) in [5.41, 5.74) is 7.10. The van der Waals surface area contributed by atoms with Gasteiger partial charge in [-0.05, 0) is 25.3 Å². The number of carbonyl (C=O) groups excluding carboxylic acids is 1. The van der Waals surface area contributed by atoms with Crippen molar-refractivity contribution in [2.24, 2.45) is 16.3 Å². The number of hydrogen-bond donors (Lipinski definition) is 2. The Hall–Kier alpha value is -2.04. The van der Waals surface area contributed by atoms with Crippen LogP contribution in [0.2, 0.25) is 0 Å². The van der Waals surface area contributed by atoms with Crippen molar-refractivity contribution < 1.29 is 10.0 Å². The van der Waals surface area contributed by atoms with Gasteiger partial charge < -0.3 is 15.8 Å². The molecule has 0 radical (unpaired) electrons. The molecular formula is C14H19N3O2. The second kappa shape index (κ2) is 4.91. The molecule has 0 bridgehead atoms. The largest absolute Gasteiger partial charge is 0.409 e. The minimum Gasteiger partial charge on any atom is -0.409 e. The highest BCUT2D eigenvalue weighted by Crippen LogP contribution is 2.47. The lowest BCUT2D eigenvalue weighted by molar-refractivity contribution is -0.133. The van der Waals surface area contributed by atoms with Crippen LogP contribution in [0.5, 0.6) is 0 Å². The van der Waals surface area contributed by atoms with Crippen LogP contribution in [0.15, 0.2) is 29.4 Å². The molecule has 3 N–H and O–H groups in total. The average Bonchev–Trinajstić information content (AvgIpc) is 3.21. The third-order valence-corrected chi connectivity index (χ3v) is 3.64. The van der Waals surface area contributed by atoms with Gasteiger partial charge in [0, 0.05) is 13.6 Å². The molecule has 0 heterocycles. The summed E-state index contributed by atoms with van der Waals surface area (Å²) in [5.74, 6) is -0.0587. The van der Waals surface area contributed by atoms with E-state index in [1.54, 1.807) is 11.9 Å². The van der Waals surface area contributed by atoms with Gasteiger partial charge in [0.2, 0.25) is 5.91 Å². The summed E-state index contributed by atoms with van der Waals surface area (Å²) in [7, 11) is 1.74. The molecule has 5 heteroatoms. The van der Waals surface area contributed by atoms with Crippen molar-refractivity contribution in [1.82, 2.24) is 4.90 Å². The molecule has 1 aromatic carbocycles. The molecule has 1 aliphatic rings. The molecule has 1 saturated carbocycles. The standard InChI is InChI=1S/C14H19N3O2/c1-10-3-5-11(6-4-10)9-17(2)13(18)14(7-8-14)12(15)16-19/h3-6,19H,7-9H2,1-2H3,(H2,15,16). The molecular weight excluding hydrogens is 242 g/mol.